The summed E-state index contributed by atoms with van der Waals surface area (Å²) in [6, 6.07) is 25.7. The zero-order valence-corrected chi connectivity index (χ0v) is 21.2. The van der Waals surface area contributed by atoms with Gasteiger partial charge in [0.25, 0.3) is 5.91 Å². The Bertz CT molecular complexity index is 1270. The molecule has 4 nitrogen and oxygen atoms in total. The van der Waals surface area contributed by atoms with E-state index in [0.29, 0.717) is 23.8 Å². The molecule has 0 aliphatic heterocycles. The largest absolute Gasteiger partial charge is 0.489 e. The monoisotopic (exact) mass is 482 g/mol. The maximum Gasteiger partial charge on any atom is 0.260 e. The van der Waals surface area contributed by atoms with Gasteiger partial charge in [-0.2, -0.15) is 0 Å². The lowest BCUT2D eigenvalue weighted by molar-refractivity contribution is 0.0989. The smallest absolute Gasteiger partial charge is 0.260 e. The Morgan fingerprint density at radius 2 is 1.69 bits per heavy atom. The Kier molecular flexibility index (Phi) is 7.47. The van der Waals surface area contributed by atoms with Crippen LogP contribution in [0.2, 0.25) is 0 Å². The van der Waals surface area contributed by atoms with Gasteiger partial charge >= 0.3 is 0 Å². The molecule has 1 heterocycles. The topological polar surface area (TPSA) is 42.4 Å². The average molecular weight is 483 g/mol. The lowest BCUT2D eigenvalue weighted by atomic mass is 9.87. The van der Waals surface area contributed by atoms with E-state index in [9.17, 15) is 4.79 Å². The molecule has 0 atom stereocenters. The Balaban J connectivity index is 1.43. The molecule has 0 unspecified atom stereocenters. The van der Waals surface area contributed by atoms with Gasteiger partial charge in [0, 0.05) is 23.1 Å². The van der Waals surface area contributed by atoms with Crippen LogP contribution in [-0.4, -0.2) is 17.4 Å². The van der Waals surface area contributed by atoms with E-state index < -0.39 is 0 Å². The standard InChI is InChI=1S/C30H30N2O2S/c1-5-19-32(29-31-27(21-35-29)23-9-7-6-8-10-23)28(33)24-13-11-22(12-14-24)20-34-26-17-15-25(16-18-26)30(2,3)4/h5-18,21H,1,19-20H2,2-4H3. The molecule has 1 amide bonds. The number of thiazole rings is 1. The number of aromatic nitrogens is 1. The number of carbonyl (C=O) groups is 1. The number of amides is 1. The molecule has 3 aromatic carbocycles. The molecule has 0 aliphatic rings. The number of benzene rings is 3. The summed E-state index contributed by atoms with van der Waals surface area (Å²) >= 11 is 1.45. The van der Waals surface area contributed by atoms with Gasteiger partial charge in [-0.05, 0) is 40.8 Å². The lowest BCUT2D eigenvalue weighted by Crippen LogP contribution is -2.31. The SMILES string of the molecule is C=CCN(C(=O)c1ccc(COc2ccc(C(C)(C)C)cc2)cc1)c1nc(-c2ccccc2)cs1. The van der Waals surface area contributed by atoms with Crippen molar-refractivity contribution < 1.29 is 9.53 Å². The minimum Gasteiger partial charge on any atom is -0.489 e. The maximum absolute atomic E-state index is 13.3. The van der Waals surface area contributed by atoms with Crippen molar-refractivity contribution in [3.63, 3.8) is 0 Å². The number of anilines is 1. The van der Waals surface area contributed by atoms with Crippen molar-refractivity contribution in [2.75, 3.05) is 11.4 Å². The molecule has 0 N–H and O–H groups in total. The fraction of sp³-hybridized carbons (Fsp3) is 0.200. The van der Waals surface area contributed by atoms with Crippen LogP contribution in [-0.2, 0) is 12.0 Å². The highest BCUT2D eigenvalue weighted by Gasteiger charge is 2.20. The van der Waals surface area contributed by atoms with Crippen molar-refractivity contribution in [3.8, 4) is 17.0 Å². The number of carbonyl (C=O) groups excluding carboxylic acids is 1. The van der Waals surface area contributed by atoms with Crippen LogP contribution in [0.15, 0.2) is 96.9 Å². The van der Waals surface area contributed by atoms with E-state index in [-0.39, 0.29) is 11.3 Å². The zero-order chi connectivity index (χ0) is 24.8. The third-order valence-corrected chi connectivity index (χ3v) is 6.54. The highest BCUT2D eigenvalue weighted by Crippen LogP contribution is 2.29. The highest BCUT2D eigenvalue weighted by atomic mass is 32.1. The minimum absolute atomic E-state index is 0.107. The molecular formula is C30H30N2O2S. The molecule has 0 saturated heterocycles. The van der Waals surface area contributed by atoms with Gasteiger partial charge < -0.3 is 4.74 Å². The number of hydrogen-bond donors (Lipinski definition) is 0. The van der Waals surface area contributed by atoms with Crippen LogP contribution < -0.4 is 9.64 Å². The first kappa shape index (κ1) is 24.4. The summed E-state index contributed by atoms with van der Waals surface area (Å²) in [6.07, 6.45) is 1.72. The number of nitrogens with zero attached hydrogens (tertiary/aromatic N) is 2. The zero-order valence-electron chi connectivity index (χ0n) is 20.4. The minimum atomic E-state index is -0.107. The van der Waals surface area contributed by atoms with Crippen LogP contribution in [0.1, 0.15) is 42.3 Å². The van der Waals surface area contributed by atoms with Crippen LogP contribution >= 0.6 is 11.3 Å². The van der Waals surface area contributed by atoms with E-state index in [0.717, 1.165) is 22.6 Å². The molecule has 0 radical (unpaired) electrons. The van der Waals surface area contributed by atoms with Crippen molar-refractivity contribution in [1.29, 1.82) is 0 Å². The highest BCUT2D eigenvalue weighted by molar-refractivity contribution is 7.14. The first-order valence-electron chi connectivity index (χ1n) is 11.6. The third-order valence-electron chi connectivity index (χ3n) is 5.68. The summed E-state index contributed by atoms with van der Waals surface area (Å²) in [7, 11) is 0. The average Bonchev–Trinajstić information content (AvgIpc) is 3.36. The lowest BCUT2D eigenvalue weighted by Gasteiger charge is -2.19. The summed E-state index contributed by atoms with van der Waals surface area (Å²) in [4.78, 5) is 19.7. The first-order valence-corrected chi connectivity index (χ1v) is 12.5. The number of ether oxygens (including phenoxy) is 1. The molecule has 35 heavy (non-hydrogen) atoms. The third kappa shape index (κ3) is 6.06. The van der Waals surface area contributed by atoms with E-state index in [1.807, 2.05) is 72.1 Å². The van der Waals surface area contributed by atoms with Gasteiger partial charge in [0.1, 0.15) is 12.4 Å². The van der Waals surface area contributed by atoms with Crippen LogP contribution in [0, 0.1) is 0 Å². The summed E-state index contributed by atoms with van der Waals surface area (Å²) in [5, 5.41) is 2.63. The molecule has 0 spiro atoms. The molecule has 178 valence electrons. The molecule has 0 saturated carbocycles. The van der Waals surface area contributed by atoms with Crippen molar-refractivity contribution >= 4 is 22.4 Å². The summed E-state index contributed by atoms with van der Waals surface area (Å²) in [5.41, 5.74) is 4.86. The molecule has 4 aromatic rings. The number of rotatable bonds is 8. The van der Waals surface area contributed by atoms with Crippen molar-refractivity contribution in [2.24, 2.45) is 0 Å². The van der Waals surface area contributed by atoms with Gasteiger partial charge in [0.05, 0.1) is 5.69 Å². The normalized spacial score (nSPS) is 11.2. The second-order valence-electron chi connectivity index (χ2n) is 9.35. The van der Waals surface area contributed by atoms with Gasteiger partial charge in [-0.3, -0.25) is 9.69 Å². The molecule has 5 heteroatoms. The van der Waals surface area contributed by atoms with Crippen LogP contribution in [0.4, 0.5) is 5.13 Å². The van der Waals surface area contributed by atoms with Crippen LogP contribution in [0.25, 0.3) is 11.3 Å². The van der Waals surface area contributed by atoms with Gasteiger partial charge in [0.2, 0.25) is 0 Å². The van der Waals surface area contributed by atoms with E-state index >= 15 is 0 Å². The summed E-state index contributed by atoms with van der Waals surface area (Å²) in [5.74, 6) is 0.720. The predicted octanol–water partition coefficient (Wildman–Crippen LogP) is 7.52. The van der Waals surface area contributed by atoms with Crippen LogP contribution in [0.5, 0.6) is 5.75 Å². The Hall–Kier alpha value is -3.70. The van der Waals surface area contributed by atoms with E-state index in [1.54, 1.807) is 11.0 Å². The second kappa shape index (κ2) is 10.7. The molecule has 0 fully saturated rings. The fourth-order valence-electron chi connectivity index (χ4n) is 3.62. The summed E-state index contributed by atoms with van der Waals surface area (Å²) < 4.78 is 5.94. The van der Waals surface area contributed by atoms with Gasteiger partial charge in [0.15, 0.2) is 5.13 Å². The van der Waals surface area contributed by atoms with E-state index in [4.69, 9.17) is 9.72 Å². The molecule has 0 aliphatic carbocycles. The second-order valence-corrected chi connectivity index (χ2v) is 10.2. The molecule has 4 rings (SSSR count). The predicted molar refractivity (Wildman–Crippen MR) is 145 cm³/mol. The summed E-state index contributed by atoms with van der Waals surface area (Å²) in [6.45, 7) is 11.2. The first-order chi connectivity index (χ1) is 16.8. The van der Waals surface area contributed by atoms with Crippen molar-refractivity contribution in [3.05, 3.63) is 114 Å². The quantitative estimate of drug-likeness (QED) is 0.244. The maximum atomic E-state index is 13.3. The Morgan fingerprint density at radius 1 is 1.00 bits per heavy atom. The van der Waals surface area contributed by atoms with Gasteiger partial charge in [-0.25, -0.2) is 4.98 Å². The van der Waals surface area contributed by atoms with Crippen molar-refractivity contribution in [2.45, 2.75) is 32.8 Å². The van der Waals surface area contributed by atoms with Crippen LogP contribution in [0.3, 0.4) is 0 Å². The molecule has 1 aromatic heterocycles. The number of hydrogen-bond acceptors (Lipinski definition) is 4. The van der Waals surface area contributed by atoms with E-state index in [1.165, 1.54) is 16.9 Å². The van der Waals surface area contributed by atoms with Gasteiger partial charge in [-0.15, -0.1) is 17.9 Å². The van der Waals surface area contributed by atoms with Gasteiger partial charge in [-0.1, -0.05) is 81.4 Å². The van der Waals surface area contributed by atoms with Crippen molar-refractivity contribution in [1.82, 2.24) is 4.98 Å². The molecular weight excluding hydrogens is 452 g/mol. The Labute approximate surface area is 211 Å². The molecule has 0 bridgehead atoms. The Morgan fingerprint density at radius 3 is 2.31 bits per heavy atom. The van der Waals surface area contributed by atoms with E-state index in [2.05, 4.69) is 39.5 Å². The fourth-order valence-corrected chi connectivity index (χ4v) is 4.47.